The SMILES string of the molecule is C=CCc1ccccc1OCc1ccc(C(=O)Nc2ccc(N(CC)CC)cc2)o1. The van der Waals surface area contributed by atoms with Crippen molar-refractivity contribution in [2.75, 3.05) is 23.3 Å². The van der Waals surface area contributed by atoms with Gasteiger partial charge in [0.15, 0.2) is 5.76 Å². The van der Waals surface area contributed by atoms with Crippen molar-refractivity contribution in [1.29, 1.82) is 0 Å². The van der Waals surface area contributed by atoms with Gasteiger partial charge in [0.1, 0.15) is 18.1 Å². The van der Waals surface area contributed by atoms with Crippen LogP contribution in [-0.4, -0.2) is 19.0 Å². The molecule has 2 aromatic carbocycles. The second-order valence-electron chi connectivity index (χ2n) is 6.83. The first-order valence-corrected chi connectivity index (χ1v) is 10.2. The van der Waals surface area contributed by atoms with E-state index >= 15 is 0 Å². The topological polar surface area (TPSA) is 54.7 Å². The van der Waals surface area contributed by atoms with E-state index in [1.54, 1.807) is 12.1 Å². The summed E-state index contributed by atoms with van der Waals surface area (Å²) in [5.74, 6) is 1.34. The van der Waals surface area contributed by atoms with E-state index in [1.165, 1.54) is 0 Å². The lowest BCUT2D eigenvalue weighted by molar-refractivity contribution is 0.0992. The second kappa shape index (κ2) is 10.3. The van der Waals surface area contributed by atoms with E-state index < -0.39 is 0 Å². The molecule has 1 aromatic heterocycles. The highest BCUT2D eigenvalue weighted by Crippen LogP contribution is 2.22. The van der Waals surface area contributed by atoms with Crippen molar-refractivity contribution in [3.8, 4) is 5.75 Å². The number of anilines is 2. The van der Waals surface area contributed by atoms with Gasteiger partial charge in [-0.25, -0.2) is 0 Å². The molecule has 0 fully saturated rings. The summed E-state index contributed by atoms with van der Waals surface area (Å²) in [6.07, 6.45) is 2.57. The monoisotopic (exact) mass is 404 g/mol. The number of nitrogens with zero attached hydrogens (tertiary/aromatic N) is 1. The third-order valence-corrected chi connectivity index (χ3v) is 4.85. The first-order valence-electron chi connectivity index (χ1n) is 10.2. The summed E-state index contributed by atoms with van der Waals surface area (Å²) in [6.45, 7) is 10.1. The molecule has 0 aliphatic rings. The summed E-state index contributed by atoms with van der Waals surface area (Å²) in [4.78, 5) is 14.8. The Morgan fingerprint density at radius 2 is 1.80 bits per heavy atom. The molecule has 0 atom stereocenters. The predicted molar refractivity (Wildman–Crippen MR) is 121 cm³/mol. The van der Waals surface area contributed by atoms with Gasteiger partial charge in [0.2, 0.25) is 0 Å². The summed E-state index contributed by atoms with van der Waals surface area (Å²) >= 11 is 0. The van der Waals surface area contributed by atoms with E-state index in [0.717, 1.165) is 42.2 Å². The highest BCUT2D eigenvalue weighted by atomic mass is 16.5. The Hall–Kier alpha value is -3.47. The smallest absolute Gasteiger partial charge is 0.291 e. The highest BCUT2D eigenvalue weighted by Gasteiger charge is 2.13. The molecule has 1 heterocycles. The number of amides is 1. The summed E-state index contributed by atoms with van der Waals surface area (Å²) in [5.41, 5.74) is 2.92. The maximum Gasteiger partial charge on any atom is 0.291 e. The van der Waals surface area contributed by atoms with Gasteiger partial charge in [-0.15, -0.1) is 6.58 Å². The fourth-order valence-electron chi connectivity index (χ4n) is 3.23. The Kier molecular flexibility index (Phi) is 7.33. The average molecular weight is 405 g/mol. The Labute approximate surface area is 178 Å². The number of hydrogen-bond acceptors (Lipinski definition) is 4. The molecule has 0 saturated carbocycles. The van der Waals surface area contributed by atoms with Crippen molar-refractivity contribution < 1.29 is 13.9 Å². The molecule has 0 radical (unpaired) electrons. The van der Waals surface area contributed by atoms with Gasteiger partial charge in [-0.1, -0.05) is 24.3 Å². The quantitative estimate of drug-likeness (QED) is 0.441. The average Bonchev–Trinajstić information content (AvgIpc) is 3.25. The van der Waals surface area contributed by atoms with Gasteiger partial charge < -0.3 is 19.4 Å². The van der Waals surface area contributed by atoms with Crippen molar-refractivity contribution >= 4 is 17.3 Å². The number of furan rings is 1. The molecule has 0 unspecified atom stereocenters. The van der Waals surface area contributed by atoms with Crippen LogP contribution in [0.3, 0.4) is 0 Å². The van der Waals surface area contributed by atoms with Gasteiger partial charge in [-0.2, -0.15) is 0 Å². The number of rotatable bonds is 10. The number of hydrogen-bond donors (Lipinski definition) is 1. The van der Waals surface area contributed by atoms with E-state index in [0.29, 0.717) is 5.76 Å². The van der Waals surface area contributed by atoms with Gasteiger partial charge in [-0.3, -0.25) is 4.79 Å². The Morgan fingerprint density at radius 1 is 1.07 bits per heavy atom. The van der Waals surface area contributed by atoms with E-state index in [9.17, 15) is 4.79 Å². The van der Waals surface area contributed by atoms with Crippen LogP contribution in [0.25, 0.3) is 0 Å². The zero-order chi connectivity index (χ0) is 21.3. The summed E-state index contributed by atoms with van der Waals surface area (Å²) in [7, 11) is 0. The molecule has 5 nitrogen and oxygen atoms in total. The second-order valence-corrected chi connectivity index (χ2v) is 6.83. The Balaban J connectivity index is 1.59. The van der Waals surface area contributed by atoms with Crippen LogP contribution in [0.1, 0.15) is 35.7 Å². The first kappa shape index (κ1) is 21.2. The lowest BCUT2D eigenvalue weighted by Gasteiger charge is -2.21. The summed E-state index contributed by atoms with van der Waals surface area (Å²) < 4.78 is 11.5. The van der Waals surface area contributed by atoms with Crippen LogP contribution in [-0.2, 0) is 13.0 Å². The highest BCUT2D eigenvalue weighted by molar-refractivity contribution is 6.02. The number of carbonyl (C=O) groups is 1. The fraction of sp³-hybridized carbons (Fsp3) is 0.240. The minimum atomic E-state index is -0.288. The minimum absolute atomic E-state index is 0.250. The van der Waals surface area contributed by atoms with Crippen molar-refractivity contribution in [2.45, 2.75) is 26.9 Å². The number of ether oxygens (including phenoxy) is 1. The van der Waals surface area contributed by atoms with Crippen LogP contribution in [0.2, 0.25) is 0 Å². The van der Waals surface area contributed by atoms with E-state index in [2.05, 4.69) is 30.6 Å². The zero-order valence-corrected chi connectivity index (χ0v) is 17.6. The van der Waals surface area contributed by atoms with Crippen LogP contribution in [0.15, 0.2) is 77.7 Å². The molecular weight excluding hydrogens is 376 g/mol. The van der Waals surface area contributed by atoms with Gasteiger partial charge >= 0.3 is 0 Å². The van der Waals surface area contributed by atoms with Crippen LogP contribution in [0, 0.1) is 0 Å². The van der Waals surface area contributed by atoms with Gasteiger partial charge in [0.25, 0.3) is 5.91 Å². The third-order valence-electron chi connectivity index (χ3n) is 4.85. The summed E-state index contributed by atoms with van der Waals surface area (Å²) in [6, 6.07) is 19.0. The molecule has 3 aromatic rings. The maximum atomic E-state index is 12.5. The number of nitrogens with one attached hydrogen (secondary N) is 1. The molecule has 1 amide bonds. The zero-order valence-electron chi connectivity index (χ0n) is 17.6. The number of allylic oxidation sites excluding steroid dienone is 1. The Bertz CT molecular complexity index is 972. The largest absolute Gasteiger partial charge is 0.485 e. The molecule has 5 heteroatoms. The molecule has 0 aliphatic heterocycles. The van der Waals surface area contributed by atoms with Crippen LogP contribution < -0.4 is 15.0 Å². The third kappa shape index (κ3) is 5.32. The van der Waals surface area contributed by atoms with E-state index in [-0.39, 0.29) is 18.3 Å². The normalized spacial score (nSPS) is 10.5. The predicted octanol–water partition coefficient (Wildman–Crippen LogP) is 5.69. The minimum Gasteiger partial charge on any atom is -0.485 e. The maximum absolute atomic E-state index is 12.5. The van der Waals surface area contributed by atoms with Gasteiger partial charge in [0.05, 0.1) is 0 Å². The number of para-hydroxylation sites is 1. The molecular formula is C25H28N2O3. The number of carbonyl (C=O) groups excluding carboxylic acids is 1. The molecule has 30 heavy (non-hydrogen) atoms. The fourth-order valence-corrected chi connectivity index (χ4v) is 3.23. The van der Waals surface area contributed by atoms with Gasteiger partial charge in [0, 0.05) is 24.5 Å². The van der Waals surface area contributed by atoms with Crippen LogP contribution in [0.4, 0.5) is 11.4 Å². The first-order chi connectivity index (χ1) is 14.6. The standard InChI is InChI=1S/C25H28N2O3/c1-4-9-19-10-7-8-11-23(19)29-18-22-16-17-24(30-22)25(28)26-20-12-14-21(15-13-20)27(5-2)6-3/h4,7-8,10-17H,1,5-6,9,18H2,2-3H3,(H,26,28). The molecule has 0 aliphatic carbocycles. The Morgan fingerprint density at radius 3 is 2.50 bits per heavy atom. The molecule has 0 bridgehead atoms. The van der Waals surface area contributed by atoms with Crippen LogP contribution >= 0.6 is 0 Å². The van der Waals surface area contributed by atoms with Crippen molar-refractivity contribution in [3.63, 3.8) is 0 Å². The molecule has 3 rings (SSSR count). The molecule has 1 N–H and O–H groups in total. The molecule has 156 valence electrons. The summed E-state index contributed by atoms with van der Waals surface area (Å²) in [5, 5.41) is 2.87. The van der Waals surface area contributed by atoms with E-state index in [1.807, 2.05) is 54.6 Å². The lowest BCUT2D eigenvalue weighted by atomic mass is 10.1. The lowest BCUT2D eigenvalue weighted by Crippen LogP contribution is -2.21. The van der Waals surface area contributed by atoms with Crippen LogP contribution in [0.5, 0.6) is 5.75 Å². The molecule has 0 saturated heterocycles. The van der Waals surface area contributed by atoms with Crippen molar-refractivity contribution in [3.05, 3.63) is 90.4 Å². The number of benzene rings is 2. The van der Waals surface area contributed by atoms with E-state index in [4.69, 9.17) is 9.15 Å². The van der Waals surface area contributed by atoms with Gasteiger partial charge in [-0.05, 0) is 68.3 Å². The molecule has 0 spiro atoms. The van der Waals surface area contributed by atoms with Crippen molar-refractivity contribution in [2.24, 2.45) is 0 Å². The van der Waals surface area contributed by atoms with Crippen molar-refractivity contribution in [1.82, 2.24) is 0 Å².